The van der Waals surface area contributed by atoms with Crippen molar-refractivity contribution < 1.29 is 13.9 Å². The third-order valence-electron chi connectivity index (χ3n) is 2.31. The fourth-order valence-electron chi connectivity index (χ4n) is 1.45. The summed E-state index contributed by atoms with van der Waals surface area (Å²) in [5, 5.41) is 2.87. The van der Waals surface area contributed by atoms with Crippen molar-refractivity contribution >= 4 is 21.7 Å². The molecule has 0 atom stereocenters. The number of nitrogens with zero attached hydrogens (tertiary/aromatic N) is 2. The molecular weight excluding hydrogens is 317 g/mol. The fourth-order valence-corrected chi connectivity index (χ4v) is 1.89. The summed E-state index contributed by atoms with van der Waals surface area (Å²) >= 11 is 3.22. The second-order valence-corrected chi connectivity index (χ2v) is 4.34. The van der Waals surface area contributed by atoms with Crippen molar-refractivity contribution in [2.75, 3.05) is 19.5 Å². The lowest BCUT2D eigenvalue weighted by Crippen LogP contribution is -2.01. The Labute approximate surface area is 117 Å². The van der Waals surface area contributed by atoms with E-state index in [1.165, 1.54) is 31.6 Å². The Morgan fingerprint density at radius 2 is 2.11 bits per heavy atom. The number of hydrogen-bond donors (Lipinski definition) is 1. The highest BCUT2D eigenvalue weighted by molar-refractivity contribution is 9.10. The van der Waals surface area contributed by atoms with E-state index >= 15 is 0 Å². The molecule has 100 valence electrons. The van der Waals surface area contributed by atoms with Gasteiger partial charge in [-0.3, -0.25) is 0 Å². The van der Waals surface area contributed by atoms with Gasteiger partial charge in [0.1, 0.15) is 17.9 Å². The summed E-state index contributed by atoms with van der Waals surface area (Å²) in [7, 11) is 3.20. The highest BCUT2D eigenvalue weighted by Gasteiger charge is 2.14. The third kappa shape index (κ3) is 2.93. The molecule has 0 aliphatic heterocycles. The molecule has 2 aromatic rings. The Kier molecular flexibility index (Phi) is 4.16. The standard InChI is InChI=1S/C12H11BrFN3O2/c1-15-11-10(18-2)12(17-6-16-11)19-9-4-3-7(14)5-8(9)13/h3-6H,1-2H3,(H,15,16,17). The lowest BCUT2D eigenvalue weighted by Gasteiger charge is -2.12. The van der Waals surface area contributed by atoms with Crippen LogP contribution in [0.15, 0.2) is 29.0 Å². The Morgan fingerprint density at radius 1 is 1.32 bits per heavy atom. The topological polar surface area (TPSA) is 56.3 Å². The van der Waals surface area contributed by atoms with E-state index in [1.807, 2.05) is 0 Å². The average molecular weight is 328 g/mol. The van der Waals surface area contributed by atoms with Gasteiger partial charge in [0.25, 0.3) is 5.88 Å². The minimum absolute atomic E-state index is 0.245. The summed E-state index contributed by atoms with van der Waals surface area (Å²) in [6.07, 6.45) is 1.35. The van der Waals surface area contributed by atoms with E-state index in [4.69, 9.17) is 9.47 Å². The number of aromatic nitrogens is 2. The van der Waals surface area contributed by atoms with Gasteiger partial charge in [0.05, 0.1) is 11.6 Å². The van der Waals surface area contributed by atoms with Crippen LogP contribution in [-0.2, 0) is 0 Å². The third-order valence-corrected chi connectivity index (χ3v) is 2.93. The van der Waals surface area contributed by atoms with Crippen LogP contribution in [0.4, 0.5) is 10.2 Å². The van der Waals surface area contributed by atoms with Crippen molar-refractivity contribution in [1.82, 2.24) is 9.97 Å². The summed E-state index contributed by atoms with van der Waals surface area (Å²) < 4.78 is 24.3. The van der Waals surface area contributed by atoms with Crippen molar-refractivity contribution in [2.24, 2.45) is 0 Å². The predicted octanol–water partition coefficient (Wildman–Crippen LogP) is 3.22. The maximum absolute atomic E-state index is 13.0. The second-order valence-electron chi connectivity index (χ2n) is 3.49. The van der Waals surface area contributed by atoms with Crippen LogP contribution < -0.4 is 14.8 Å². The first-order chi connectivity index (χ1) is 9.15. The van der Waals surface area contributed by atoms with Crippen LogP contribution in [-0.4, -0.2) is 24.1 Å². The molecular formula is C12H11BrFN3O2. The predicted molar refractivity (Wildman–Crippen MR) is 72.3 cm³/mol. The van der Waals surface area contributed by atoms with Gasteiger partial charge < -0.3 is 14.8 Å². The summed E-state index contributed by atoms with van der Waals surface area (Å²) in [6, 6.07) is 4.11. The Morgan fingerprint density at radius 3 is 2.74 bits per heavy atom. The van der Waals surface area contributed by atoms with E-state index in [0.29, 0.717) is 21.8 Å². The van der Waals surface area contributed by atoms with E-state index in [0.717, 1.165) is 0 Å². The molecule has 5 nitrogen and oxygen atoms in total. The number of rotatable bonds is 4. The molecule has 0 unspecified atom stereocenters. The van der Waals surface area contributed by atoms with Gasteiger partial charge in [0.2, 0.25) is 5.75 Å². The largest absolute Gasteiger partial charge is 0.489 e. The van der Waals surface area contributed by atoms with E-state index in [2.05, 4.69) is 31.2 Å². The first-order valence-electron chi connectivity index (χ1n) is 5.35. The van der Waals surface area contributed by atoms with Crippen molar-refractivity contribution in [3.63, 3.8) is 0 Å². The molecule has 2 rings (SSSR count). The van der Waals surface area contributed by atoms with Crippen LogP contribution >= 0.6 is 15.9 Å². The minimum atomic E-state index is -0.357. The maximum Gasteiger partial charge on any atom is 0.268 e. The van der Waals surface area contributed by atoms with Gasteiger partial charge in [-0.2, -0.15) is 4.98 Å². The SMILES string of the molecule is CNc1ncnc(Oc2ccc(F)cc2Br)c1OC. The fraction of sp³-hybridized carbons (Fsp3) is 0.167. The number of benzene rings is 1. The Hall–Kier alpha value is -1.89. The summed E-state index contributed by atoms with van der Waals surface area (Å²) in [6.45, 7) is 0. The Bertz CT molecular complexity index is 595. The van der Waals surface area contributed by atoms with E-state index in [9.17, 15) is 4.39 Å². The van der Waals surface area contributed by atoms with E-state index in [-0.39, 0.29) is 11.7 Å². The molecule has 19 heavy (non-hydrogen) atoms. The van der Waals surface area contributed by atoms with Crippen molar-refractivity contribution in [1.29, 1.82) is 0 Å². The number of hydrogen-bond acceptors (Lipinski definition) is 5. The van der Waals surface area contributed by atoms with Crippen molar-refractivity contribution in [2.45, 2.75) is 0 Å². The molecule has 7 heteroatoms. The number of methoxy groups -OCH3 is 1. The normalized spacial score (nSPS) is 10.1. The van der Waals surface area contributed by atoms with Gasteiger partial charge in [-0.15, -0.1) is 0 Å². The molecule has 1 aromatic carbocycles. The average Bonchev–Trinajstić information content (AvgIpc) is 2.41. The zero-order chi connectivity index (χ0) is 13.8. The maximum atomic E-state index is 13.0. The van der Waals surface area contributed by atoms with Crippen LogP contribution in [0.3, 0.4) is 0 Å². The smallest absolute Gasteiger partial charge is 0.268 e. The second kappa shape index (κ2) is 5.83. The van der Waals surface area contributed by atoms with Crippen LogP contribution in [0.5, 0.6) is 17.4 Å². The number of nitrogens with one attached hydrogen (secondary N) is 1. The highest BCUT2D eigenvalue weighted by atomic mass is 79.9. The molecule has 0 spiro atoms. The quantitative estimate of drug-likeness (QED) is 0.934. The molecule has 0 fully saturated rings. The number of halogens is 2. The van der Waals surface area contributed by atoms with Gasteiger partial charge in [0, 0.05) is 7.05 Å². The first kappa shape index (κ1) is 13.5. The minimum Gasteiger partial charge on any atom is -0.489 e. The molecule has 0 bridgehead atoms. The van der Waals surface area contributed by atoms with Gasteiger partial charge in [-0.1, -0.05) is 0 Å². The first-order valence-corrected chi connectivity index (χ1v) is 6.14. The van der Waals surface area contributed by atoms with Crippen molar-refractivity contribution in [3.05, 3.63) is 34.8 Å². The van der Waals surface area contributed by atoms with Crippen LogP contribution in [0, 0.1) is 5.82 Å². The van der Waals surface area contributed by atoms with E-state index in [1.54, 1.807) is 7.05 Å². The molecule has 0 aliphatic carbocycles. The molecule has 0 amide bonds. The van der Waals surface area contributed by atoms with E-state index < -0.39 is 0 Å². The van der Waals surface area contributed by atoms with Crippen molar-refractivity contribution in [3.8, 4) is 17.4 Å². The monoisotopic (exact) mass is 327 g/mol. The molecule has 1 heterocycles. The highest BCUT2D eigenvalue weighted by Crippen LogP contribution is 2.36. The number of ether oxygens (including phenoxy) is 2. The van der Waals surface area contributed by atoms with Crippen LogP contribution in [0.1, 0.15) is 0 Å². The Balaban J connectivity index is 2.37. The summed E-state index contributed by atoms with van der Waals surface area (Å²) in [5.74, 6) is 1.20. The lowest BCUT2D eigenvalue weighted by atomic mass is 10.3. The van der Waals surface area contributed by atoms with Crippen LogP contribution in [0.2, 0.25) is 0 Å². The summed E-state index contributed by atoms with van der Waals surface area (Å²) in [4.78, 5) is 8.01. The van der Waals surface area contributed by atoms with Gasteiger partial charge in [-0.25, -0.2) is 9.37 Å². The summed E-state index contributed by atoms with van der Waals surface area (Å²) in [5.41, 5.74) is 0. The zero-order valence-corrected chi connectivity index (χ0v) is 11.9. The molecule has 0 aliphatic rings. The lowest BCUT2D eigenvalue weighted by molar-refractivity contribution is 0.368. The molecule has 1 aromatic heterocycles. The van der Waals surface area contributed by atoms with Gasteiger partial charge in [-0.05, 0) is 34.1 Å². The van der Waals surface area contributed by atoms with Gasteiger partial charge in [0.15, 0.2) is 5.82 Å². The molecule has 0 radical (unpaired) electrons. The van der Waals surface area contributed by atoms with Gasteiger partial charge >= 0.3 is 0 Å². The zero-order valence-electron chi connectivity index (χ0n) is 10.3. The molecule has 0 saturated carbocycles. The molecule has 0 saturated heterocycles. The van der Waals surface area contributed by atoms with Crippen LogP contribution in [0.25, 0.3) is 0 Å². The number of anilines is 1. The molecule has 1 N–H and O–H groups in total.